The first kappa shape index (κ1) is 28.7. The molecule has 0 unspecified atom stereocenters. The second-order valence-corrected chi connectivity index (χ2v) is 9.48. The third-order valence-corrected chi connectivity index (χ3v) is 6.52. The van der Waals surface area contributed by atoms with Gasteiger partial charge < -0.3 is 20.1 Å². The molecule has 10 heteroatoms. The van der Waals surface area contributed by atoms with Gasteiger partial charge in [0.2, 0.25) is 5.91 Å². The van der Waals surface area contributed by atoms with E-state index in [1.807, 2.05) is 37.4 Å². The zero-order valence-corrected chi connectivity index (χ0v) is 22.0. The average Bonchev–Trinajstić information content (AvgIpc) is 3.33. The van der Waals surface area contributed by atoms with E-state index in [0.717, 1.165) is 28.6 Å². The van der Waals surface area contributed by atoms with Gasteiger partial charge in [0.1, 0.15) is 12.4 Å². The van der Waals surface area contributed by atoms with Gasteiger partial charge in [0.05, 0.1) is 5.56 Å². The van der Waals surface area contributed by atoms with Crippen molar-refractivity contribution in [2.45, 2.75) is 32.5 Å². The number of para-hydroxylation sites is 1. The largest absolute Gasteiger partial charge is 0.416 e. The van der Waals surface area contributed by atoms with Crippen LogP contribution in [0.15, 0.2) is 79.0 Å². The molecule has 0 bridgehead atoms. The van der Waals surface area contributed by atoms with Crippen molar-refractivity contribution in [1.82, 2.24) is 14.8 Å². The van der Waals surface area contributed by atoms with Gasteiger partial charge in [0.15, 0.2) is 0 Å². The number of carbonyl (C=O) groups excluding carboxylic acids is 2. The van der Waals surface area contributed by atoms with Crippen LogP contribution in [0, 0.1) is 5.82 Å². The summed E-state index contributed by atoms with van der Waals surface area (Å²) in [7, 11) is 0. The molecule has 3 amide bonds. The Balaban J connectivity index is 1.52. The highest BCUT2D eigenvalue weighted by molar-refractivity contribution is 5.92. The highest BCUT2D eigenvalue weighted by Crippen LogP contribution is 2.29. The predicted octanol–water partition coefficient (Wildman–Crippen LogP) is 6.84. The number of urea groups is 1. The number of amides is 3. The van der Waals surface area contributed by atoms with Crippen molar-refractivity contribution >= 4 is 28.5 Å². The molecule has 0 saturated carbocycles. The summed E-state index contributed by atoms with van der Waals surface area (Å²) >= 11 is 0. The molecule has 3 aromatic carbocycles. The van der Waals surface area contributed by atoms with Gasteiger partial charge in [0.25, 0.3) is 0 Å². The Labute approximate surface area is 229 Å². The zero-order valence-electron chi connectivity index (χ0n) is 22.0. The molecule has 0 saturated heterocycles. The number of H-pyrrole nitrogens is 1. The van der Waals surface area contributed by atoms with Crippen molar-refractivity contribution in [2.75, 3.05) is 25.0 Å². The maximum atomic E-state index is 13.6. The molecule has 1 aromatic heterocycles. The van der Waals surface area contributed by atoms with E-state index in [2.05, 4.69) is 10.3 Å². The Hall–Kier alpha value is -4.34. The van der Waals surface area contributed by atoms with Crippen molar-refractivity contribution in [1.29, 1.82) is 0 Å². The van der Waals surface area contributed by atoms with Crippen LogP contribution >= 0.6 is 0 Å². The van der Waals surface area contributed by atoms with Gasteiger partial charge in [-0.3, -0.25) is 4.79 Å². The fraction of sp³-hybridized carbons (Fsp3) is 0.267. The standard InChI is InChI=1S/C30H30F4N4O2/c1-2-15-38(29(40)36-25-7-5-6-24(31)17-25)20-28(39)37(19-21-10-12-23(13-11-21)30(32,33)34)16-14-22-18-35-27-9-4-3-8-26(22)27/h3-13,17-18,35H,2,14-16,19-20H2,1H3,(H,36,40). The highest BCUT2D eigenvalue weighted by atomic mass is 19.4. The highest BCUT2D eigenvalue weighted by Gasteiger charge is 2.30. The second kappa shape index (κ2) is 12.7. The fourth-order valence-electron chi connectivity index (χ4n) is 4.46. The van der Waals surface area contributed by atoms with Crippen LogP contribution < -0.4 is 5.32 Å². The van der Waals surface area contributed by atoms with E-state index in [1.54, 1.807) is 11.0 Å². The van der Waals surface area contributed by atoms with Crippen molar-refractivity contribution in [3.63, 3.8) is 0 Å². The summed E-state index contributed by atoms with van der Waals surface area (Å²) in [5.41, 5.74) is 1.98. The van der Waals surface area contributed by atoms with Crippen LogP contribution in [-0.4, -0.2) is 46.4 Å². The number of aromatic amines is 1. The third kappa shape index (κ3) is 7.40. The number of hydrogen-bond acceptors (Lipinski definition) is 2. The minimum Gasteiger partial charge on any atom is -0.361 e. The van der Waals surface area contributed by atoms with E-state index < -0.39 is 23.6 Å². The van der Waals surface area contributed by atoms with E-state index in [-0.39, 0.29) is 37.8 Å². The van der Waals surface area contributed by atoms with Crippen molar-refractivity contribution < 1.29 is 27.2 Å². The Morgan fingerprint density at radius 2 is 1.68 bits per heavy atom. The maximum absolute atomic E-state index is 13.6. The number of rotatable bonds is 10. The molecular weight excluding hydrogens is 524 g/mol. The lowest BCUT2D eigenvalue weighted by atomic mass is 10.1. The topological polar surface area (TPSA) is 68.4 Å². The molecule has 40 heavy (non-hydrogen) atoms. The molecule has 1 heterocycles. The average molecular weight is 555 g/mol. The normalized spacial score (nSPS) is 11.4. The maximum Gasteiger partial charge on any atom is 0.416 e. The summed E-state index contributed by atoms with van der Waals surface area (Å²) in [6, 6.07) is 17.4. The summed E-state index contributed by atoms with van der Waals surface area (Å²) in [6.45, 7) is 2.26. The Kier molecular flexibility index (Phi) is 9.08. The predicted molar refractivity (Wildman–Crippen MR) is 146 cm³/mol. The summed E-state index contributed by atoms with van der Waals surface area (Å²) in [5, 5.41) is 3.64. The van der Waals surface area contributed by atoms with Gasteiger partial charge in [-0.2, -0.15) is 13.2 Å². The van der Waals surface area contributed by atoms with Gasteiger partial charge in [0, 0.05) is 42.4 Å². The van der Waals surface area contributed by atoms with Gasteiger partial charge in [-0.25, -0.2) is 9.18 Å². The van der Waals surface area contributed by atoms with E-state index in [1.165, 1.54) is 35.2 Å². The molecule has 0 aliphatic rings. The lowest BCUT2D eigenvalue weighted by Crippen LogP contribution is -2.45. The Morgan fingerprint density at radius 3 is 2.38 bits per heavy atom. The molecule has 4 rings (SSSR count). The van der Waals surface area contributed by atoms with Crippen LogP contribution in [0.1, 0.15) is 30.0 Å². The number of halogens is 4. The number of benzene rings is 3. The monoisotopic (exact) mass is 554 g/mol. The number of nitrogens with zero attached hydrogens (tertiary/aromatic N) is 2. The van der Waals surface area contributed by atoms with E-state index >= 15 is 0 Å². The van der Waals surface area contributed by atoms with Crippen LogP contribution in [0.3, 0.4) is 0 Å². The molecule has 210 valence electrons. The number of aromatic nitrogens is 1. The van der Waals surface area contributed by atoms with E-state index in [4.69, 9.17) is 0 Å². The quantitative estimate of drug-likeness (QED) is 0.211. The SMILES string of the molecule is CCCN(CC(=O)N(CCc1c[nH]c2ccccc12)Cc1ccc(C(F)(F)F)cc1)C(=O)Nc1cccc(F)c1. The van der Waals surface area contributed by atoms with E-state index in [0.29, 0.717) is 18.4 Å². The lowest BCUT2D eigenvalue weighted by Gasteiger charge is -2.28. The summed E-state index contributed by atoms with van der Waals surface area (Å²) in [5.74, 6) is -0.863. The van der Waals surface area contributed by atoms with Gasteiger partial charge >= 0.3 is 12.2 Å². The van der Waals surface area contributed by atoms with Crippen LogP contribution in [-0.2, 0) is 23.9 Å². The number of carbonyl (C=O) groups is 2. The zero-order chi connectivity index (χ0) is 28.7. The summed E-state index contributed by atoms with van der Waals surface area (Å²) in [4.78, 5) is 32.6. The first-order valence-electron chi connectivity index (χ1n) is 12.9. The van der Waals surface area contributed by atoms with Crippen molar-refractivity contribution in [3.8, 4) is 0 Å². The summed E-state index contributed by atoms with van der Waals surface area (Å²) in [6.07, 6.45) is -1.50. The second-order valence-electron chi connectivity index (χ2n) is 9.48. The first-order chi connectivity index (χ1) is 19.1. The van der Waals surface area contributed by atoms with Crippen molar-refractivity contribution in [2.24, 2.45) is 0 Å². The number of anilines is 1. The van der Waals surface area contributed by atoms with Gasteiger partial charge in [-0.1, -0.05) is 43.3 Å². The lowest BCUT2D eigenvalue weighted by molar-refractivity contribution is -0.137. The molecule has 0 fully saturated rings. The van der Waals surface area contributed by atoms with E-state index in [9.17, 15) is 27.2 Å². The van der Waals surface area contributed by atoms with Crippen LogP contribution in [0.4, 0.5) is 28.0 Å². The number of hydrogen-bond donors (Lipinski definition) is 2. The van der Waals surface area contributed by atoms with Crippen molar-refractivity contribution in [3.05, 3.63) is 102 Å². The molecule has 0 aliphatic heterocycles. The molecule has 0 spiro atoms. The molecule has 6 nitrogen and oxygen atoms in total. The minimum atomic E-state index is -4.46. The van der Waals surface area contributed by atoms with Gasteiger partial charge in [-0.15, -0.1) is 0 Å². The molecule has 4 aromatic rings. The Morgan fingerprint density at radius 1 is 0.925 bits per heavy atom. The molecule has 0 aliphatic carbocycles. The third-order valence-electron chi connectivity index (χ3n) is 6.52. The van der Waals surface area contributed by atoms with Crippen LogP contribution in [0.5, 0.6) is 0 Å². The number of fused-ring (bicyclic) bond motifs is 1. The number of alkyl halides is 3. The fourth-order valence-corrected chi connectivity index (χ4v) is 4.46. The van der Waals surface area contributed by atoms with Crippen LogP contribution in [0.25, 0.3) is 10.9 Å². The molecule has 2 N–H and O–H groups in total. The van der Waals surface area contributed by atoms with Gasteiger partial charge in [-0.05, 0) is 60.4 Å². The minimum absolute atomic E-state index is 0.0742. The first-order valence-corrected chi connectivity index (χ1v) is 12.9. The molecular formula is C30H30F4N4O2. The smallest absolute Gasteiger partial charge is 0.361 e. The molecule has 0 radical (unpaired) electrons. The number of nitrogens with one attached hydrogen (secondary N) is 2. The Bertz CT molecular complexity index is 1450. The van der Waals surface area contributed by atoms with Crippen LogP contribution in [0.2, 0.25) is 0 Å². The molecule has 0 atom stereocenters. The summed E-state index contributed by atoms with van der Waals surface area (Å²) < 4.78 is 52.8.